The number of amides is 1. The quantitative estimate of drug-likeness (QED) is 0.342. The third kappa shape index (κ3) is 4.28. The summed E-state index contributed by atoms with van der Waals surface area (Å²) < 4.78 is 116. The number of hydrogen-bond donors (Lipinski definition) is 1. The molecular weight excluding hydrogens is 508 g/mol. The van der Waals surface area contributed by atoms with Crippen molar-refractivity contribution in [3.8, 4) is 0 Å². The molecule has 3 fully saturated rings. The number of alkyl halides is 6. The first kappa shape index (κ1) is 25.7. The molecule has 2 aliphatic carbocycles. The Morgan fingerprint density at radius 1 is 1.11 bits per heavy atom. The molecular formula is C21H21F6NO6S. The van der Waals surface area contributed by atoms with E-state index in [1.807, 2.05) is 0 Å². The van der Waals surface area contributed by atoms with Crippen LogP contribution in [0.5, 0.6) is 0 Å². The number of para-hydroxylation sites is 1. The molecule has 1 heterocycles. The highest BCUT2D eigenvalue weighted by Crippen LogP contribution is 2.65. The predicted octanol–water partition coefficient (Wildman–Crippen LogP) is 3.75. The number of halogens is 6. The van der Waals surface area contributed by atoms with E-state index < -0.39 is 57.5 Å². The summed E-state index contributed by atoms with van der Waals surface area (Å²) in [6, 6.07) is 8.55. The standard InChI is InChI=1S/C21H21F6NO6S/c22-20(23,24)19(21(25,26)27,11-35(31,32)33)34-15(29)9-18-7-6-12(8-18)14-10-28(17(30)16(14)18)13-4-2-1-3-5-13/h1-5,12,14,16H,6-11H2,(H,31,32,33). The number of carbonyl (C=O) groups is 2. The van der Waals surface area contributed by atoms with Gasteiger partial charge in [-0.3, -0.25) is 14.1 Å². The van der Waals surface area contributed by atoms with Crippen molar-refractivity contribution in [3.05, 3.63) is 30.3 Å². The first-order valence-corrected chi connectivity index (χ1v) is 12.3. The van der Waals surface area contributed by atoms with Gasteiger partial charge in [-0.25, -0.2) is 0 Å². The molecule has 4 atom stereocenters. The van der Waals surface area contributed by atoms with Crippen LogP contribution >= 0.6 is 0 Å². The molecule has 1 aromatic carbocycles. The molecule has 14 heteroatoms. The van der Waals surface area contributed by atoms with E-state index in [1.54, 1.807) is 30.3 Å². The maximum absolute atomic E-state index is 13.5. The number of fused-ring (bicyclic) bond motifs is 5. The van der Waals surface area contributed by atoms with Crippen LogP contribution in [0, 0.1) is 23.2 Å². The molecule has 1 N–H and O–H groups in total. The third-order valence-electron chi connectivity index (χ3n) is 7.45. The number of carbonyl (C=O) groups excluding carboxylic acids is 2. The SMILES string of the molecule is O=C(CC12CCC(C1)C1CN(c3ccccc3)C(=O)C12)OC(CS(=O)(=O)O)(C(F)(F)F)C(F)(F)F. The number of hydrogen-bond acceptors (Lipinski definition) is 5. The predicted molar refractivity (Wildman–Crippen MR) is 108 cm³/mol. The van der Waals surface area contributed by atoms with Crippen LogP contribution in [0.1, 0.15) is 25.7 Å². The fraction of sp³-hybridized carbons (Fsp3) is 0.619. The molecule has 1 aliphatic heterocycles. The van der Waals surface area contributed by atoms with Gasteiger partial charge in [-0.2, -0.15) is 34.8 Å². The first-order chi connectivity index (χ1) is 16.0. The maximum atomic E-state index is 13.5. The summed E-state index contributed by atoms with van der Waals surface area (Å²) in [5, 5.41) is 0. The third-order valence-corrected chi connectivity index (χ3v) is 8.23. The Kier molecular flexibility index (Phi) is 5.94. The zero-order valence-electron chi connectivity index (χ0n) is 18.0. The monoisotopic (exact) mass is 529 g/mol. The molecule has 1 saturated heterocycles. The lowest BCUT2D eigenvalue weighted by Crippen LogP contribution is -2.63. The minimum Gasteiger partial charge on any atom is -0.438 e. The summed E-state index contributed by atoms with van der Waals surface area (Å²) in [5.74, 6) is -6.29. The van der Waals surface area contributed by atoms with Crippen LogP contribution in [-0.4, -0.2) is 55.1 Å². The summed E-state index contributed by atoms with van der Waals surface area (Å²) >= 11 is 0. The molecule has 1 amide bonds. The molecule has 35 heavy (non-hydrogen) atoms. The van der Waals surface area contributed by atoms with Crippen LogP contribution in [0.25, 0.3) is 0 Å². The van der Waals surface area contributed by atoms with Crippen molar-refractivity contribution < 1.29 is 53.6 Å². The van der Waals surface area contributed by atoms with Crippen LogP contribution in [-0.2, 0) is 24.4 Å². The number of esters is 1. The smallest absolute Gasteiger partial charge is 0.438 e. The van der Waals surface area contributed by atoms with E-state index >= 15 is 0 Å². The number of ether oxygens (including phenoxy) is 1. The van der Waals surface area contributed by atoms with Gasteiger partial charge in [-0.15, -0.1) is 0 Å². The van der Waals surface area contributed by atoms with Gasteiger partial charge in [0.05, 0.1) is 6.42 Å². The molecule has 3 aliphatic rings. The topological polar surface area (TPSA) is 101 Å². The number of benzene rings is 1. The van der Waals surface area contributed by atoms with E-state index in [-0.39, 0.29) is 30.6 Å². The van der Waals surface area contributed by atoms with Crippen molar-refractivity contribution in [2.24, 2.45) is 23.2 Å². The Morgan fingerprint density at radius 2 is 1.71 bits per heavy atom. The molecule has 1 aromatic rings. The Morgan fingerprint density at radius 3 is 2.26 bits per heavy atom. The molecule has 4 rings (SSSR count). The lowest BCUT2D eigenvalue weighted by molar-refractivity contribution is -0.361. The maximum Gasteiger partial charge on any atom is 0.438 e. The molecule has 0 aromatic heterocycles. The Labute approximate surface area is 196 Å². The molecule has 0 spiro atoms. The average Bonchev–Trinajstić information content (AvgIpc) is 3.35. The van der Waals surface area contributed by atoms with Gasteiger partial charge in [0.1, 0.15) is 5.75 Å². The Bertz CT molecular complexity index is 1110. The van der Waals surface area contributed by atoms with E-state index in [4.69, 9.17) is 4.55 Å². The summed E-state index contributed by atoms with van der Waals surface area (Å²) in [5.41, 5.74) is -6.06. The van der Waals surface area contributed by atoms with Crippen LogP contribution in [0.4, 0.5) is 32.0 Å². The van der Waals surface area contributed by atoms with Crippen molar-refractivity contribution >= 4 is 27.7 Å². The summed E-state index contributed by atoms with van der Waals surface area (Å²) in [4.78, 5) is 27.4. The lowest BCUT2D eigenvalue weighted by Gasteiger charge is -2.38. The van der Waals surface area contributed by atoms with Gasteiger partial charge in [0.25, 0.3) is 10.1 Å². The van der Waals surface area contributed by atoms with Crippen molar-refractivity contribution in [1.29, 1.82) is 0 Å². The average molecular weight is 529 g/mol. The van der Waals surface area contributed by atoms with E-state index in [9.17, 15) is 44.3 Å². The minimum absolute atomic E-state index is 0.0433. The number of anilines is 1. The summed E-state index contributed by atoms with van der Waals surface area (Å²) in [6.07, 6.45) is -12.7. The van der Waals surface area contributed by atoms with Crippen LogP contribution in [0.3, 0.4) is 0 Å². The zero-order valence-corrected chi connectivity index (χ0v) is 18.8. The normalized spacial score (nSPS) is 28.9. The van der Waals surface area contributed by atoms with Gasteiger partial charge < -0.3 is 9.64 Å². The van der Waals surface area contributed by atoms with Crippen LogP contribution < -0.4 is 4.90 Å². The molecule has 2 bridgehead atoms. The van der Waals surface area contributed by atoms with Gasteiger partial charge in [-0.05, 0) is 48.6 Å². The van der Waals surface area contributed by atoms with Crippen molar-refractivity contribution in [2.75, 3.05) is 17.2 Å². The zero-order chi connectivity index (χ0) is 26.0. The highest BCUT2D eigenvalue weighted by atomic mass is 32.2. The summed E-state index contributed by atoms with van der Waals surface area (Å²) in [6.45, 7) is 0.312. The molecule has 0 radical (unpaired) electrons. The second-order valence-electron chi connectivity index (χ2n) is 9.49. The van der Waals surface area contributed by atoms with Crippen LogP contribution in [0.2, 0.25) is 0 Å². The van der Waals surface area contributed by atoms with E-state index in [2.05, 4.69) is 4.74 Å². The highest BCUT2D eigenvalue weighted by Gasteiger charge is 2.76. The highest BCUT2D eigenvalue weighted by molar-refractivity contribution is 7.85. The van der Waals surface area contributed by atoms with Gasteiger partial charge in [0.2, 0.25) is 5.91 Å². The second kappa shape index (κ2) is 8.08. The van der Waals surface area contributed by atoms with Gasteiger partial charge >= 0.3 is 23.9 Å². The van der Waals surface area contributed by atoms with Crippen molar-refractivity contribution in [3.63, 3.8) is 0 Å². The van der Waals surface area contributed by atoms with E-state index in [1.165, 1.54) is 4.90 Å². The molecule has 194 valence electrons. The van der Waals surface area contributed by atoms with Crippen molar-refractivity contribution in [1.82, 2.24) is 0 Å². The fourth-order valence-electron chi connectivity index (χ4n) is 6.10. The van der Waals surface area contributed by atoms with E-state index in [0.29, 0.717) is 18.7 Å². The van der Waals surface area contributed by atoms with Gasteiger partial charge in [0, 0.05) is 18.2 Å². The van der Waals surface area contributed by atoms with Gasteiger partial charge in [0.15, 0.2) is 0 Å². The minimum atomic E-state index is -6.39. The van der Waals surface area contributed by atoms with Gasteiger partial charge in [-0.1, -0.05) is 18.2 Å². The number of nitrogens with zero attached hydrogens (tertiary/aromatic N) is 1. The van der Waals surface area contributed by atoms with Crippen LogP contribution in [0.15, 0.2) is 30.3 Å². The molecule has 7 nitrogen and oxygen atoms in total. The Hall–Kier alpha value is -2.35. The second-order valence-corrected chi connectivity index (χ2v) is 10.9. The first-order valence-electron chi connectivity index (χ1n) is 10.7. The van der Waals surface area contributed by atoms with E-state index in [0.717, 1.165) is 0 Å². The van der Waals surface area contributed by atoms with Crippen molar-refractivity contribution in [2.45, 2.75) is 43.6 Å². The number of rotatable bonds is 6. The molecule has 4 unspecified atom stereocenters. The fourth-order valence-corrected chi connectivity index (χ4v) is 7.00. The lowest BCUT2D eigenvalue weighted by atomic mass is 9.69. The Balaban J connectivity index is 1.62. The largest absolute Gasteiger partial charge is 0.438 e. The molecule has 2 saturated carbocycles. The summed E-state index contributed by atoms with van der Waals surface area (Å²) in [7, 11) is -5.87.